The molecule has 0 aromatic carbocycles. The number of primary amides is 1. The SMILES string of the molecule is CCCNC(CN1CCN(CC2CC2)CC1)C(N)=O. The normalized spacial score (nSPS) is 23.4. The number of nitrogens with one attached hydrogen (secondary N) is 1. The molecule has 1 aliphatic heterocycles. The number of nitrogens with zero attached hydrogens (tertiary/aromatic N) is 2. The Hall–Kier alpha value is -0.650. The van der Waals surface area contributed by atoms with Gasteiger partial charge in [0.05, 0.1) is 6.04 Å². The van der Waals surface area contributed by atoms with E-state index in [4.69, 9.17) is 5.73 Å². The molecule has 0 aromatic rings. The van der Waals surface area contributed by atoms with Crippen LogP contribution in [-0.2, 0) is 4.79 Å². The van der Waals surface area contributed by atoms with Gasteiger partial charge in [0, 0.05) is 39.3 Å². The monoisotopic (exact) mass is 268 g/mol. The highest BCUT2D eigenvalue weighted by molar-refractivity contribution is 5.80. The Labute approximate surface area is 116 Å². The number of nitrogens with two attached hydrogens (primary N) is 1. The molecule has 5 nitrogen and oxygen atoms in total. The van der Waals surface area contributed by atoms with Crippen molar-refractivity contribution < 1.29 is 4.79 Å². The van der Waals surface area contributed by atoms with Crippen LogP contribution in [0.3, 0.4) is 0 Å². The van der Waals surface area contributed by atoms with Crippen LogP contribution in [0.2, 0.25) is 0 Å². The maximum Gasteiger partial charge on any atom is 0.235 e. The number of hydrogen-bond donors (Lipinski definition) is 2. The first-order chi connectivity index (χ1) is 9.19. The number of carbonyl (C=O) groups excluding carboxylic acids is 1. The number of rotatable bonds is 8. The average molecular weight is 268 g/mol. The Morgan fingerprint density at radius 2 is 1.89 bits per heavy atom. The van der Waals surface area contributed by atoms with Crippen molar-refractivity contribution in [3.63, 3.8) is 0 Å². The van der Waals surface area contributed by atoms with E-state index in [0.717, 1.165) is 51.6 Å². The van der Waals surface area contributed by atoms with Crippen LogP contribution < -0.4 is 11.1 Å². The lowest BCUT2D eigenvalue weighted by atomic mass is 10.2. The summed E-state index contributed by atoms with van der Waals surface area (Å²) in [6.07, 6.45) is 3.87. The molecule has 1 aliphatic carbocycles. The summed E-state index contributed by atoms with van der Waals surface area (Å²) in [7, 11) is 0. The van der Waals surface area contributed by atoms with Gasteiger partial charge in [-0.05, 0) is 31.7 Å². The van der Waals surface area contributed by atoms with Gasteiger partial charge in [-0.15, -0.1) is 0 Å². The van der Waals surface area contributed by atoms with Crippen molar-refractivity contribution in [2.75, 3.05) is 45.8 Å². The van der Waals surface area contributed by atoms with Crippen molar-refractivity contribution in [1.82, 2.24) is 15.1 Å². The zero-order chi connectivity index (χ0) is 13.7. The third kappa shape index (κ3) is 5.09. The summed E-state index contributed by atoms with van der Waals surface area (Å²) in [5.74, 6) is 0.741. The summed E-state index contributed by atoms with van der Waals surface area (Å²) in [6, 6.07) is -0.199. The first-order valence-electron chi connectivity index (χ1n) is 7.66. The van der Waals surface area contributed by atoms with Gasteiger partial charge in [0.25, 0.3) is 0 Å². The zero-order valence-electron chi connectivity index (χ0n) is 12.1. The van der Waals surface area contributed by atoms with Crippen LogP contribution in [0.15, 0.2) is 0 Å². The van der Waals surface area contributed by atoms with Crippen LogP contribution in [0.4, 0.5) is 0 Å². The quantitative estimate of drug-likeness (QED) is 0.644. The van der Waals surface area contributed by atoms with Crippen molar-refractivity contribution in [2.24, 2.45) is 11.7 Å². The Morgan fingerprint density at radius 3 is 2.42 bits per heavy atom. The van der Waals surface area contributed by atoms with Gasteiger partial charge < -0.3 is 16.0 Å². The minimum atomic E-state index is -0.228. The molecule has 0 aromatic heterocycles. The first-order valence-corrected chi connectivity index (χ1v) is 7.66. The second kappa shape index (κ2) is 7.22. The summed E-state index contributed by atoms with van der Waals surface area (Å²) in [5.41, 5.74) is 5.46. The molecule has 1 amide bonds. The van der Waals surface area contributed by atoms with Crippen LogP contribution >= 0.6 is 0 Å². The van der Waals surface area contributed by atoms with Crippen molar-refractivity contribution in [3.8, 4) is 0 Å². The molecule has 1 unspecified atom stereocenters. The van der Waals surface area contributed by atoms with Gasteiger partial charge in [-0.1, -0.05) is 6.92 Å². The molecule has 0 spiro atoms. The highest BCUT2D eigenvalue weighted by Gasteiger charge is 2.27. The lowest BCUT2D eigenvalue weighted by Crippen LogP contribution is -2.54. The summed E-state index contributed by atoms with van der Waals surface area (Å²) < 4.78 is 0. The molecule has 19 heavy (non-hydrogen) atoms. The van der Waals surface area contributed by atoms with E-state index in [1.54, 1.807) is 0 Å². The van der Waals surface area contributed by atoms with Gasteiger partial charge >= 0.3 is 0 Å². The molecule has 0 radical (unpaired) electrons. The largest absolute Gasteiger partial charge is 0.368 e. The maximum absolute atomic E-state index is 11.4. The fraction of sp³-hybridized carbons (Fsp3) is 0.929. The van der Waals surface area contributed by atoms with Gasteiger partial charge in [-0.2, -0.15) is 0 Å². The lowest BCUT2D eigenvalue weighted by Gasteiger charge is -2.36. The van der Waals surface area contributed by atoms with Crippen LogP contribution in [0.25, 0.3) is 0 Å². The number of carbonyl (C=O) groups is 1. The number of hydrogen-bond acceptors (Lipinski definition) is 4. The Morgan fingerprint density at radius 1 is 1.26 bits per heavy atom. The first kappa shape index (κ1) is 14.8. The smallest absolute Gasteiger partial charge is 0.235 e. The molecule has 3 N–H and O–H groups in total. The summed E-state index contributed by atoms with van der Waals surface area (Å²) in [5, 5.41) is 3.24. The van der Waals surface area contributed by atoms with Crippen LogP contribution in [0.5, 0.6) is 0 Å². The molecule has 2 rings (SSSR count). The minimum Gasteiger partial charge on any atom is -0.368 e. The third-order valence-electron chi connectivity index (χ3n) is 4.10. The van der Waals surface area contributed by atoms with Gasteiger partial charge in [-0.3, -0.25) is 9.69 Å². The van der Waals surface area contributed by atoms with E-state index in [-0.39, 0.29) is 11.9 Å². The number of piperazine rings is 1. The van der Waals surface area contributed by atoms with E-state index in [1.165, 1.54) is 19.4 Å². The summed E-state index contributed by atoms with van der Waals surface area (Å²) >= 11 is 0. The van der Waals surface area contributed by atoms with E-state index in [1.807, 2.05) is 0 Å². The standard InChI is InChI=1S/C14H28N4O/c1-2-5-16-13(14(15)19)11-18-8-6-17(7-9-18)10-12-3-4-12/h12-13,16H,2-11H2,1H3,(H2,15,19). The van der Waals surface area contributed by atoms with Gasteiger partial charge in [0.2, 0.25) is 5.91 Å². The van der Waals surface area contributed by atoms with E-state index in [9.17, 15) is 4.79 Å². The summed E-state index contributed by atoms with van der Waals surface area (Å²) in [6.45, 7) is 9.38. The predicted molar refractivity (Wildman–Crippen MR) is 76.9 cm³/mol. The van der Waals surface area contributed by atoms with E-state index in [0.29, 0.717) is 0 Å². The molecule has 1 atom stereocenters. The number of amides is 1. The zero-order valence-corrected chi connectivity index (χ0v) is 12.1. The van der Waals surface area contributed by atoms with Crippen LogP contribution in [-0.4, -0.2) is 67.6 Å². The molecule has 110 valence electrons. The van der Waals surface area contributed by atoms with Crippen LogP contribution in [0.1, 0.15) is 26.2 Å². The maximum atomic E-state index is 11.4. The predicted octanol–water partition coefficient (Wildman–Crippen LogP) is -0.132. The second-order valence-electron chi connectivity index (χ2n) is 5.95. The van der Waals surface area contributed by atoms with Crippen molar-refractivity contribution in [2.45, 2.75) is 32.2 Å². The Bertz CT molecular complexity index is 285. The third-order valence-corrected chi connectivity index (χ3v) is 4.10. The average Bonchev–Trinajstić information content (AvgIpc) is 3.20. The molecule has 1 heterocycles. The highest BCUT2D eigenvalue weighted by Crippen LogP contribution is 2.29. The molecule has 0 bridgehead atoms. The molecule has 5 heteroatoms. The van der Waals surface area contributed by atoms with Crippen molar-refractivity contribution in [1.29, 1.82) is 0 Å². The molecule has 2 aliphatic rings. The van der Waals surface area contributed by atoms with Crippen molar-refractivity contribution in [3.05, 3.63) is 0 Å². The molecule has 1 saturated carbocycles. The lowest BCUT2D eigenvalue weighted by molar-refractivity contribution is -0.120. The fourth-order valence-corrected chi connectivity index (χ4v) is 2.65. The summed E-state index contributed by atoms with van der Waals surface area (Å²) in [4.78, 5) is 16.3. The van der Waals surface area contributed by atoms with Crippen molar-refractivity contribution >= 4 is 5.91 Å². The molecule has 1 saturated heterocycles. The highest BCUT2D eigenvalue weighted by atomic mass is 16.1. The Balaban J connectivity index is 1.68. The van der Waals surface area contributed by atoms with E-state index < -0.39 is 0 Å². The molecular formula is C14H28N4O. The second-order valence-corrected chi connectivity index (χ2v) is 5.95. The van der Waals surface area contributed by atoms with Gasteiger partial charge in [0.1, 0.15) is 0 Å². The topological polar surface area (TPSA) is 61.6 Å². The fourth-order valence-electron chi connectivity index (χ4n) is 2.65. The Kier molecular flexibility index (Phi) is 5.60. The van der Waals surface area contributed by atoms with Gasteiger partial charge in [0.15, 0.2) is 0 Å². The molecule has 2 fully saturated rings. The van der Waals surface area contributed by atoms with Gasteiger partial charge in [-0.25, -0.2) is 0 Å². The van der Waals surface area contributed by atoms with E-state index in [2.05, 4.69) is 22.0 Å². The van der Waals surface area contributed by atoms with E-state index >= 15 is 0 Å². The van der Waals surface area contributed by atoms with Crippen LogP contribution in [0, 0.1) is 5.92 Å². The minimum absolute atomic E-state index is 0.199. The molecular weight excluding hydrogens is 240 g/mol.